The second kappa shape index (κ2) is 7.43. The number of fused-ring (bicyclic) bond motifs is 4. The molecule has 2 aliphatic rings. The Hall–Kier alpha value is -2.09. The van der Waals surface area contributed by atoms with Gasteiger partial charge in [0.1, 0.15) is 5.84 Å². The largest absolute Gasteiger partial charge is 0.352 e. The average Bonchev–Trinajstić information content (AvgIpc) is 2.82. The lowest BCUT2D eigenvalue weighted by atomic mass is 9.88. The van der Waals surface area contributed by atoms with Crippen molar-refractivity contribution in [1.82, 2.24) is 4.90 Å². The molecule has 0 saturated heterocycles. The summed E-state index contributed by atoms with van der Waals surface area (Å²) < 4.78 is 0. The van der Waals surface area contributed by atoms with E-state index in [4.69, 9.17) is 4.99 Å². The van der Waals surface area contributed by atoms with Gasteiger partial charge in [0.05, 0.1) is 11.7 Å². The van der Waals surface area contributed by atoms with Crippen LogP contribution in [-0.2, 0) is 12.8 Å². The molecule has 130 valence electrons. The zero-order valence-electron chi connectivity index (χ0n) is 15.2. The summed E-state index contributed by atoms with van der Waals surface area (Å²) in [7, 11) is 0. The first-order valence-corrected chi connectivity index (χ1v) is 9.86. The lowest BCUT2D eigenvalue weighted by Crippen LogP contribution is -2.40. The highest BCUT2D eigenvalue weighted by Gasteiger charge is 2.31. The molecule has 2 aliphatic heterocycles. The molecule has 2 heterocycles. The van der Waals surface area contributed by atoms with Crippen LogP contribution < -0.4 is 0 Å². The molecular formula is C23H28N2. The fraction of sp³-hybridized carbons (Fsp3) is 0.435. The average molecular weight is 332 g/mol. The van der Waals surface area contributed by atoms with E-state index in [1.165, 1.54) is 53.9 Å². The van der Waals surface area contributed by atoms with Crippen molar-refractivity contribution in [2.75, 3.05) is 6.54 Å². The first-order chi connectivity index (χ1) is 12.4. The number of rotatable bonds is 5. The van der Waals surface area contributed by atoms with Gasteiger partial charge >= 0.3 is 0 Å². The third-order valence-electron chi connectivity index (χ3n) is 5.65. The van der Waals surface area contributed by atoms with Gasteiger partial charge in [0, 0.05) is 13.0 Å². The van der Waals surface area contributed by atoms with E-state index in [9.17, 15) is 0 Å². The van der Waals surface area contributed by atoms with Crippen LogP contribution in [0.1, 0.15) is 61.8 Å². The van der Waals surface area contributed by atoms with E-state index in [2.05, 4.69) is 60.4 Å². The Bertz CT molecular complexity index is 762. The molecule has 2 heteroatoms. The quantitative estimate of drug-likeness (QED) is 0.628. The van der Waals surface area contributed by atoms with Gasteiger partial charge in [-0.3, -0.25) is 0 Å². The van der Waals surface area contributed by atoms with E-state index in [1.807, 2.05) is 0 Å². The van der Waals surface area contributed by atoms with Crippen molar-refractivity contribution < 1.29 is 0 Å². The Labute approximate surface area is 151 Å². The summed E-state index contributed by atoms with van der Waals surface area (Å²) in [6.45, 7) is 3.37. The molecule has 0 spiro atoms. The normalized spacial score (nSPS) is 18.7. The first-order valence-electron chi connectivity index (χ1n) is 9.86. The molecule has 0 fully saturated rings. The molecule has 0 saturated carbocycles. The maximum atomic E-state index is 5.14. The van der Waals surface area contributed by atoms with Gasteiger partial charge < -0.3 is 4.90 Å². The van der Waals surface area contributed by atoms with E-state index < -0.39 is 0 Å². The van der Waals surface area contributed by atoms with Crippen molar-refractivity contribution in [3.63, 3.8) is 0 Å². The van der Waals surface area contributed by atoms with Crippen molar-refractivity contribution in [2.24, 2.45) is 4.99 Å². The lowest BCUT2D eigenvalue weighted by molar-refractivity contribution is 0.293. The minimum Gasteiger partial charge on any atom is -0.352 e. The van der Waals surface area contributed by atoms with Crippen molar-refractivity contribution in [3.05, 3.63) is 65.2 Å². The number of amidine groups is 1. The molecule has 1 unspecified atom stereocenters. The molecule has 2 aromatic carbocycles. The molecule has 0 bridgehead atoms. The molecule has 0 aliphatic carbocycles. The van der Waals surface area contributed by atoms with E-state index in [-0.39, 0.29) is 0 Å². The minimum atomic E-state index is 0.443. The second-order valence-corrected chi connectivity index (χ2v) is 7.33. The van der Waals surface area contributed by atoms with Crippen LogP contribution in [0.5, 0.6) is 0 Å². The fourth-order valence-corrected chi connectivity index (χ4v) is 4.29. The number of hydrogen-bond acceptors (Lipinski definition) is 2. The minimum absolute atomic E-state index is 0.443. The molecule has 0 radical (unpaired) electrons. The summed E-state index contributed by atoms with van der Waals surface area (Å²) in [5, 5.41) is 0. The molecular weight excluding hydrogens is 304 g/mol. The van der Waals surface area contributed by atoms with Crippen LogP contribution in [0.2, 0.25) is 0 Å². The Morgan fingerprint density at radius 2 is 1.76 bits per heavy atom. The number of hydrogen-bond donors (Lipinski definition) is 0. The monoisotopic (exact) mass is 332 g/mol. The van der Waals surface area contributed by atoms with Gasteiger partial charge in [0.15, 0.2) is 0 Å². The Balaban J connectivity index is 1.69. The van der Waals surface area contributed by atoms with Crippen molar-refractivity contribution >= 4 is 11.5 Å². The van der Waals surface area contributed by atoms with Crippen LogP contribution in [0.25, 0.3) is 0 Å². The smallest absolute Gasteiger partial charge is 0.105 e. The number of aliphatic imine (C=N–C) groups is 1. The number of para-hydroxylation sites is 1. The van der Waals surface area contributed by atoms with Gasteiger partial charge in [-0.25, -0.2) is 4.99 Å². The van der Waals surface area contributed by atoms with Crippen molar-refractivity contribution in [2.45, 2.75) is 57.9 Å². The van der Waals surface area contributed by atoms with Crippen molar-refractivity contribution in [1.29, 1.82) is 0 Å². The van der Waals surface area contributed by atoms with Crippen LogP contribution >= 0.6 is 0 Å². The predicted octanol–water partition coefficient (Wildman–Crippen LogP) is 5.84. The molecule has 0 aromatic heterocycles. The van der Waals surface area contributed by atoms with Gasteiger partial charge in [0.2, 0.25) is 0 Å². The van der Waals surface area contributed by atoms with Crippen LogP contribution in [0, 0.1) is 0 Å². The SMILES string of the molecule is CCCCCCC1=Nc2ccccc2CC2c3ccccc3CCN12. The third-order valence-corrected chi connectivity index (χ3v) is 5.65. The first kappa shape index (κ1) is 16.4. The van der Waals surface area contributed by atoms with Crippen LogP contribution in [-0.4, -0.2) is 17.3 Å². The maximum Gasteiger partial charge on any atom is 0.105 e. The molecule has 0 amide bonds. The molecule has 2 aromatic rings. The zero-order chi connectivity index (χ0) is 17.1. The number of nitrogens with zero attached hydrogens (tertiary/aromatic N) is 2. The molecule has 1 atom stereocenters. The molecule has 25 heavy (non-hydrogen) atoms. The van der Waals surface area contributed by atoms with Gasteiger partial charge in [0.25, 0.3) is 0 Å². The molecule has 2 nitrogen and oxygen atoms in total. The molecule has 4 rings (SSSR count). The summed E-state index contributed by atoms with van der Waals surface area (Å²) in [6, 6.07) is 18.2. The van der Waals surface area contributed by atoms with Crippen LogP contribution in [0.4, 0.5) is 5.69 Å². The summed E-state index contributed by atoms with van der Waals surface area (Å²) in [5.41, 5.74) is 5.60. The third kappa shape index (κ3) is 3.35. The van der Waals surface area contributed by atoms with Gasteiger partial charge in [-0.15, -0.1) is 0 Å². The highest BCUT2D eigenvalue weighted by molar-refractivity contribution is 5.87. The van der Waals surface area contributed by atoms with Crippen molar-refractivity contribution in [3.8, 4) is 0 Å². The maximum absolute atomic E-state index is 5.14. The summed E-state index contributed by atoms with van der Waals surface area (Å²) >= 11 is 0. The predicted molar refractivity (Wildman–Crippen MR) is 106 cm³/mol. The summed E-state index contributed by atoms with van der Waals surface area (Å²) in [6.07, 6.45) is 8.48. The number of unbranched alkanes of at least 4 members (excludes halogenated alkanes) is 3. The second-order valence-electron chi connectivity index (χ2n) is 7.33. The van der Waals surface area contributed by atoms with Crippen LogP contribution in [0.15, 0.2) is 53.5 Å². The van der Waals surface area contributed by atoms with E-state index >= 15 is 0 Å². The Morgan fingerprint density at radius 1 is 0.960 bits per heavy atom. The van der Waals surface area contributed by atoms with E-state index in [1.54, 1.807) is 0 Å². The van der Waals surface area contributed by atoms with E-state index in [0.29, 0.717) is 6.04 Å². The van der Waals surface area contributed by atoms with Gasteiger partial charge in [-0.1, -0.05) is 68.7 Å². The fourth-order valence-electron chi connectivity index (χ4n) is 4.29. The standard InChI is InChI=1S/C23H28N2/c1-2-3-4-5-14-23-24-21-13-9-7-11-19(21)17-22-20-12-8-6-10-18(20)15-16-25(22)23/h6-13,22H,2-5,14-17H2,1H3. The van der Waals surface area contributed by atoms with Gasteiger partial charge in [-0.05, 0) is 42.0 Å². The van der Waals surface area contributed by atoms with Gasteiger partial charge in [-0.2, -0.15) is 0 Å². The lowest BCUT2D eigenvalue weighted by Gasteiger charge is -2.38. The zero-order valence-corrected chi connectivity index (χ0v) is 15.2. The van der Waals surface area contributed by atoms with E-state index in [0.717, 1.165) is 25.8 Å². The highest BCUT2D eigenvalue weighted by atomic mass is 15.2. The number of benzene rings is 2. The Morgan fingerprint density at radius 3 is 2.64 bits per heavy atom. The summed E-state index contributed by atoms with van der Waals surface area (Å²) in [5.74, 6) is 1.31. The topological polar surface area (TPSA) is 15.6 Å². The molecule has 0 N–H and O–H groups in total. The van der Waals surface area contributed by atoms with Crippen LogP contribution in [0.3, 0.4) is 0 Å². The summed E-state index contributed by atoms with van der Waals surface area (Å²) in [4.78, 5) is 7.74. The Kier molecular flexibility index (Phi) is 4.87. The highest BCUT2D eigenvalue weighted by Crippen LogP contribution is 2.38.